The van der Waals surface area contributed by atoms with Crippen LogP contribution < -0.4 is 5.32 Å². The summed E-state index contributed by atoms with van der Waals surface area (Å²) in [5, 5.41) is 3.10. The van der Waals surface area contributed by atoms with E-state index in [9.17, 15) is 0 Å². The number of hydrogen-bond acceptors (Lipinski definition) is 3. The van der Waals surface area contributed by atoms with Gasteiger partial charge in [0.05, 0.1) is 6.20 Å². The Kier molecular flexibility index (Phi) is 4.54. The number of oxazole rings is 1. The van der Waals surface area contributed by atoms with Crippen LogP contribution in [0, 0.1) is 0 Å². The van der Waals surface area contributed by atoms with Crippen molar-refractivity contribution in [1.29, 1.82) is 0 Å². The Labute approximate surface area is 79.5 Å². The van der Waals surface area contributed by atoms with Crippen molar-refractivity contribution >= 4 is 0 Å². The average molecular weight is 182 g/mol. The van der Waals surface area contributed by atoms with E-state index in [-0.39, 0.29) is 0 Å². The molecule has 13 heavy (non-hydrogen) atoms. The van der Waals surface area contributed by atoms with E-state index in [0.29, 0.717) is 0 Å². The summed E-state index contributed by atoms with van der Waals surface area (Å²) in [6, 6.07) is 0. The lowest BCUT2D eigenvalue weighted by molar-refractivity contribution is 0.446. The maximum atomic E-state index is 5.53. The zero-order chi connectivity index (χ0) is 9.52. The minimum absolute atomic E-state index is 0.874. The van der Waals surface area contributed by atoms with Gasteiger partial charge in [-0.25, -0.2) is 4.98 Å². The van der Waals surface area contributed by atoms with Crippen molar-refractivity contribution in [1.82, 2.24) is 10.3 Å². The summed E-state index contributed by atoms with van der Waals surface area (Å²) >= 11 is 0. The van der Waals surface area contributed by atoms with Gasteiger partial charge in [0.1, 0.15) is 5.76 Å². The highest BCUT2D eigenvalue weighted by molar-refractivity contribution is 4.94. The summed E-state index contributed by atoms with van der Waals surface area (Å²) in [4.78, 5) is 4.21. The van der Waals surface area contributed by atoms with Crippen molar-refractivity contribution in [2.75, 3.05) is 13.6 Å². The Morgan fingerprint density at radius 1 is 1.46 bits per heavy atom. The Hall–Kier alpha value is -0.830. The molecular weight excluding hydrogens is 164 g/mol. The molecule has 0 unspecified atom stereocenters. The first-order valence-electron chi connectivity index (χ1n) is 4.95. The second kappa shape index (κ2) is 5.75. The fraction of sp³-hybridized carbons (Fsp3) is 0.700. The van der Waals surface area contributed by atoms with Crippen LogP contribution in [0.15, 0.2) is 10.6 Å². The number of aryl methyl sites for hydroxylation is 2. The highest BCUT2D eigenvalue weighted by Gasteiger charge is 2.01. The van der Waals surface area contributed by atoms with Crippen LogP contribution in [-0.2, 0) is 12.8 Å². The van der Waals surface area contributed by atoms with Gasteiger partial charge in [0.25, 0.3) is 0 Å². The third kappa shape index (κ3) is 3.59. The lowest BCUT2D eigenvalue weighted by Crippen LogP contribution is -2.08. The van der Waals surface area contributed by atoms with Gasteiger partial charge >= 0.3 is 0 Å². The van der Waals surface area contributed by atoms with Gasteiger partial charge < -0.3 is 9.73 Å². The van der Waals surface area contributed by atoms with Crippen LogP contribution >= 0.6 is 0 Å². The Morgan fingerprint density at radius 3 is 3.00 bits per heavy atom. The molecule has 0 aliphatic rings. The predicted molar refractivity (Wildman–Crippen MR) is 52.7 cm³/mol. The molecule has 1 aromatic heterocycles. The maximum Gasteiger partial charge on any atom is 0.194 e. The van der Waals surface area contributed by atoms with E-state index in [0.717, 1.165) is 43.9 Å². The average Bonchev–Trinajstić information content (AvgIpc) is 2.54. The highest BCUT2D eigenvalue weighted by atomic mass is 16.4. The highest BCUT2D eigenvalue weighted by Crippen LogP contribution is 2.07. The van der Waals surface area contributed by atoms with E-state index in [2.05, 4.69) is 17.2 Å². The van der Waals surface area contributed by atoms with Crippen LogP contribution in [0.3, 0.4) is 0 Å². The first kappa shape index (κ1) is 10.3. The Balaban J connectivity index is 2.31. The molecular formula is C10H18N2O. The van der Waals surface area contributed by atoms with Crippen LogP contribution in [0.25, 0.3) is 0 Å². The summed E-state index contributed by atoms with van der Waals surface area (Å²) in [7, 11) is 1.96. The van der Waals surface area contributed by atoms with Gasteiger partial charge in [0, 0.05) is 12.8 Å². The fourth-order valence-electron chi connectivity index (χ4n) is 1.24. The zero-order valence-corrected chi connectivity index (χ0v) is 8.47. The normalized spacial score (nSPS) is 10.6. The summed E-state index contributed by atoms with van der Waals surface area (Å²) in [6.45, 7) is 3.16. The molecule has 0 amide bonds. The van der Waals surface area contributed by atoms with Crippen molar-refractivity contribution in [2.45, 2.75) is 32.6 Å². The molecule has 3 nitrogen and oxygen atoms in total. The number of rotatable bonds is 6. The molecule has 1 aromatic rings. The molecule has 0 aliphatic carbocycles. The molecule has 1 heterocycles. The Morgan fingerprint density at radius 2 is 2.31 bits per heavy atom. The van der Waals surface area contributed by atoms with Gasteiger partial charge in [-0.3, -0.25) is 0 Å². The van der Waals surface area contributed by atoms with E-state index in [1.54, 1.807) is 0 Å². The molecule has 0 aliphatic heterocycles. The molecule has 1 rings (SSSR count). The van der Waals surface area contributed by atoms with Crippen LogP contribution in [0.2, 0.25) is 0 Å². The third-order valence-corrected chi connectivity index (χ3v) is 1.92. The van der Waals surface area contributed by atoms with Crippen molar-refractivity contribution in [3.05, 3.63) is 17.8 Å². The molecule has 0 bridgehead atoms. The SMILES string of the molecule is CCCc1cnc(CCCNC)o1. The molecule has 74 valence electrons. The number of hydrogen-bond donors (Lipinski definition) is 1. The lowest BCUT2D eigenvalue weighted by atomic mass is 10.3. The molecule has 0 fully saturated rings. The van der Waals surface area contributed by atoms with E-state index in [1.165, 1.54) is 0 Å². The standard InChI is InChI=1S/C10H18N2O/c1-3-5-9-8-12-10(13-9)6-4-7-11-2/h8,11H,3-7H2,1-2H3. The molecule has 0 radical (unpaired) electrons. The zero-order valence-electron chi connectivity index (χ0n) is 8.47. The van der Waals surface area contributed by atoms with Gasteiger partial charge in [-0.15, -0.1) is 0 Å². The van der Waals surface area contributed by atoms with E-state index >= 15 is 0 Å². The minimum Gasteiger partial charge on any atom is -0.446 e. The third-order valence-electron chi connectivity index (χ3n) is 1.92. The minimum atomic E-state index is 0.874. The van der Waals surface area contributed by atoms with Crippen molar-refractivity contribution < 1.29 is 4.42 Å². The second-order valence-electron chi connectivity index (χ2n) is 3.18. The number of nitrogens with one attached hydrogen (secondary N) is 1. The van der Waals surface area contributed by atoms with Crippen LogP contribution in [0.1, 0.15) is 31.4 Å². The van der Waals surface area contributed by atoms with Crippen LogP contribution in [0.5, 0.6) is 0 Å². The van der Waals surface area contributed by atoms with Gasteiger partial charge in [-0.05, 0) is 26.4 Å². The van der Waals surface area contributed by atoms with Gasteiger partial charge in [0.2, 0.25) is 0 Å². The molecule has 0 atom stereocenters. The van der Waals surface area contributed by atoms with E-state index in [4.69, 9.17) is 4.42 Å². The van der Waals surface area contributed by atoms with Crippen molar-refractivity contribution in [3.63, 3.8) is 0 Å². The number of aromatic nitrogens is 1. The molecule has 3 heteroatoms. The molecule has 0 spiro atoms. The monoisotopic (exact) mass is 182 g/mol. The summed E-state index contributed by atoms with van der Waals surface area (Å²) in [6.07, 6.45) is 5.98. The largest absolute Gasteiger partial charge is 0.446 e. The second-order valence-corrected chi connectivity index (χ2v) is 3.18. The quantitative estimate of drug-likeness (QED) is 0.681. The first-order chi connectivity index (χ1) is 6.36. The summed E-state index contributed by atoms with van der Waals surface area (Å²) < 4.78 is 5.53. The van der Waals surface area contributed by atoms with Crippen LogP contribution in [-0.4, -0.2) is 18.6 Å². The Bertz CT molecular complexity index is 233. The predicted octanol–water partition coefficient (Wildman–Crippen LogP) is 1.78. The van der Waals surface area contributed by atoms with Crippen molar-refractivity contribution in [2.24, 2.45) is 0 Å². The fourth-order valence-corrected chi connectivity index (χ4v) is 1.24. The molecule has 0 aromatic carbocycles. The lowest BCUT2D eigenvalue weighted by Gasteiger charge is -1.95. The maximum absolute atomic E-state index is 5.53. The van der Waals surface area contributed by atoms with Gasteiger partial charge in [-0.1, -0.05) is 6.92 Å². The molecule has 1 N–H and O–H groups in total. The first-order valence-corrected chi connectivity index (χ1v) is 4.95. The molecule has 0 saturated heterocycles. The summed E-state index contributed by atoms with van der Waals surface area (Å²) in [5.74, 6) is 1.89. The topological polar surface area (TPSA) is 38.1 Å². The van der Waals surface area contributed by atoms with Crippen LogP contribution in [0.4, 0.5) is 0 Å². The summed E-state index contributed by atoms with van der Waals surface area (Å²) in [5.41, 5.74) is 0. The van der Waals surface area contributed by atoms with Crippen molar-refractivity contribution in [3.8, 4) is 0 Å². The number of nitrogens with zero attached hydrogens (tertiary/aromatic N) is 1. The molecule has 0 saturated carbocycles. The van der Waals surface area contributed by atoms with E-state index < -0.39 is 0 Å². The van der Waals surface area contributed by atoms with Gasteiger partial charge in [-0.2, -0.15) is 0 Å². The van der Waals surface area contributed by atoms with Gasteiger partial charge in [0.15, 0.2) is 5.89 Å². The smallest absolute Gasteiger partial charge is 0.194 e. The van der Waals surface area contributed by atoms with E-state index in [1.807, 2.05) is 13.2 Å².